The van der Waals surface area contributed by atoms with Gasteiger partial charge in [0.15, 0.2) is 6.79 Å². The quantitative estimate of drug-likeness (QED) is 0.572. The average Bonchev–Trinajstić information content (AvgIpc) is 2.19. The standard InChI is InChI=1S/C10H8O4/c11-6-13-9-5-7-3-1-2-4-8(7)14-10(9)12/h1-5,11H,6H2. The summed E-state index contributed by atoms with van der Waals surface area (Å²) in [5, 5.41) is 9.27. The summed E-state index contributed by atoms with van der Waals surface area (Å²) in [5.74, 6) is 0.0196. The molecule has 0 amide bonds. The minimum Gasteiger partial charge on any atom is -0.460 e. The van der Waals surface area contributed by atoms with E-state index < -0.39 is 12.4 Å². The summed E-state index contributed by atoms with van der Waals surface area (Å²) in [4.78, 5) is 11.2. The molecule has 1 heterocycles. The highest BCUT2D eigenvalue weighted by atomic mass is 16.6. The van der Waals surface area contributed by atoms with Crippen molar-refractivity contribution < 1.29 is 14.3 Å². The van der Waals surface area contributed by atoms with Crippen molar-refractivity contribution in [2.45, 2.75) is 0 Å². The van der Waals surface area contributed by atoms with E-state index in [0.29, 0.717) is 5.58 Å². The largest absolute Gasteiger partial charge is 0.460 e. The van der Waals surface area contributed by atoms with Gasteiger partial charge in [-0.15, -0.1) is 0 Å². The van der Waals surface area contributed by atoms with Gasteiger partial charge in [0.1, 0.15) is 5.58 Å². The molecule has 0 bridgehead atoms. The maximum Gasteiger partial charge on any atom is 0.379 e. The lowest BCUT2D eigenvalue weighted by Gasteiger charge is -2.01. The molecule has 1 N–H and O–H groups in total. The predicted molar refractivity (Wildman–Crippen MR) is 50.2 cm³/mol. The van der Waals surface area contributed by atoms with Gasteiger partial charge >= 0.3 is 5.63 Å². The maximum atomic E-state index is 11.2. The summed E-state index contributed by atoms with van der Waals surface area (Å²) >= 11 is 0. The number of hydrogen-bond donors (Lipinski definition) is 1. The van der Waals surface area contributed by atoms with Crippen LogP contribution in [-0.2, 0) is 0 Å². The molecule has 0 aliphatic heterocycles. The smallest absolute Gasteiger partial charge is 0.379 e. The number of para-hydroxylation sites is 1. The van der Waals surface area contributed by atoms with Crippen molar-refractivity contribution >= 4 is 11.0 Å². The van der Waals surface area contributed by atoms with Gasteiger partial charge < -0.3 is 14.3 Å². The first-order chi connectivity index (χ1) is 6.81. The zero-order valence-electron chi connectivity index (χ0n) is 7.27. The minimum absolute atomic E-state index is 0.0196. The van der Waals surface area contributed by atoms with Gasteiger partial charge in [-0.3, -0.25) is 0 Å². The first-order valence-corrected chi connectivity index (χ1v) is 4.08. The van der Waals surface area contributed by atoms with Crippen LogP contribution in [-0.4, -0.2) is 11.9 Å². The number of fused-ring (bicyclic) bond motifs is 1. The van der Waals surface area contributed by atoms with Gasteiger partial charge in [0.2, 0.25) is 5.75 Å². The van der Waals surface area contributed by atoms with Gasteiger partial charge in [-0.25, -0.2) is 4.79 Å². The SMILES string of the molecule is O=c1oc2ccccc2cc1OCO. The van der Waals surface area contributed by atoms with Crippen molar-refractivity contribution in [1.82, 2.24) is 0 Å². The Morgan fingerprint density at radius 2 is 2.14 bits per heavy atom. The van der Waals surface area contributed by atoms with Gasteiger partial charge in [0, 0.05) is 5.39 Å². The molecular weight excluding hydrogens is 184 g/mol. The fraction of sp³-hybridized carbons (Fsp3) is 0.100. The molecule has 0 saturated heterocycles. The highest BCUT2D eigenvalue weighted by molar-refractivity contribution is 5.77. The Hall–Kier alpha value is -1.81. The minimum atomic E-state index is -0.585. The zero-order chi connectivity index (χ0) is 9.97. The molecule has 0 saturated carbocycles. The zero-order valence-corrected chi connectivity index (χ0v) is 7.27. The molecule has 4 nitrogen and oxygen atoms in total. The molecule has 1 aromatic heterocycles. The predicted octanol–water partition coefficient (Wildman–Crippen LogP) is 1.12. The highest BCUT2D eigenvalue weighted by Crippen LogP contribution is 2.15. The Kier molecular flexibility index (Phi) is 2.20. The Morgan fingerprint density at radius 3 is 2.93 bits per heavy atom. The second kappa shape index (κ2) is 3.51. The topological polar surface area (TPSA) is 59.7 Å². The van der Waals surface area contributed by atoms with Crippen molar-refractivity contribution in [3.05, 3.63) is 40.8 Å². The fourth-order valence-corrected chi connectivity index (χ4v) is 1.21. The van der Waals surface area contributed by atoms with Crippen LogP contribution in [0, 0.1) is 0 Å². The number of hydrogen-bond acceptors (Lipinski definition) is 4. The third kappa shape index (κ3) is 1.47. The van der Waals surface area contributed by atoms with E-state index in [0.717, 1.165) is 5.39 Å². The molecule has 2 aromatic rings. The van der Waals surface area contributed by atoms with Crippen molar-refractivity contribution in [2.24, 2.45) is 0 Å². The molecule has 14 heavy (non-hydrogen) atoms. The molecular formula is C10H8O4. The molecule has 1 aromatic carbocycles. The van der Waals surface area contributed by atoms with Gasteiger partial charge in [0.05, 0.1) is 0 Å². The summed E-state index contributed by atoms with van der Waals surface area (Å²) < 4.78 is 9.65. The van der Waals surface area contributed by atoms with Crippen LogP contribution in [0.3, 0.4) is 0 Å². The number of aliphatic hydroxyl groups is 1. The normalized spacial score (nSPS) is 10.4. The Bertz CT molecular complexity index is 501. The fourth-order valence-electron chi connectivity index (χ4n) is 1.21. The van der Waals surface area contributed by atoms with Gasteiger partial charge in [-0.2, -0.15) is 0 Å². The van der Waals surface area contributed by atoms with Gasteiger partial charge in [-0.1, -0.05) is 18.2 Å². The van der Waals surface area contributed by atoms with Crippen LogP contribution in [0.15, 0.2) is 39.5 Å². The van der Waals surface area contributed by atoms with Gasteiger partial charge in [-0.05, 0) is 12.1 Å². The van der Waals surface area contributed by atoms with Crippen LogP contribution < -0.4 is 10.4 Å². The van der Waals surface area contributed by atoms with E-state index in [1.54, 1.807) is 18.2 Å². The maximum absolute atomic E-state index is 11.2. The highest BCUT2D eigenvalue weighted by Gasteiger charge is 2.04. The van der Waals surface area contributed by atoms with Crippen molar-refractivity contribution in [3.63, 3.8) is 0 Å². The molecule has 4 heteroatoms. The second-order valence-electron chi connectivity index (χ2n) is 2.71. The van der Waals surface area contributed by atoms with E-state index in [1.165, 1.54) is 6.07 Å². The Balaban J connectivity index is 2.65. The van der Waals surface area contributed by atoms with Crippen LogP contribution in [0.4, 0.5) is 0 Å². The summed E-state index contributed by atoms with van der Waals surface area (Å²) in [6, 6.07) is 8.63. The summed E-state index contributed by atoms with van der Waals surface area (Å²) in [7, 11) is 0. The van der Waals surface area contributed by atoms with E-state index in [-0.39, 0.29) is 5.75 Å². The van der Waals surface area contributed by atoms with Crippen molar-refractivity contribution in [2.75, 3.05) is 6.79 Å². The summed E-state index contributed by atoms with van der Waals surface area (Å²) in [6.45, 7) is -0.539. The molecule has 0 spiro atoms. The second-order valence-corrected chi connectivity index (χ2v) is 2.71. The average molecular weight is 192 g/mol. The molecule has 0 unspecified atom stereocenters. The van der Waals surface area contributed by atoms with E-state index >= 15 is 0 Å². The molecule has 72 valence electrons. The molecule has 0 radical (unpaired) electrons. The number of aliphatic hydroxyl groups excluding tert-OH is 1. The Labute approximate surface area is 79.4 Å². The van der Waals surface area contributed by atoms with Crippen LogP contribution in [0.2, 0.25) is 0 Å². The molecule has 2 rings (SSSR count). The van der Waals surface area contributed by atoms with Crippen molar-refractivity contribution in [1.29, 1.82) is 0 Å². The lowest BCUT2D eigenvalue weighted by atomic mass is 10.2. The van der Waals surface area contributed by atoms with Crippen molar-refractivity contribution in [3.8, 4) is 5.75 Å². The number of ether oxygens (including phenoxy) is 1. The Morgan fingerprint density at radius 1 is 1.36 bits per heavy atom. The number of rotatable bonds is 2. The molecule has 0 atom stereocenters. The van der Waals surface area contributed by atoms with Gasteiger partial charge in [0.25, 0.3) is 0 Å². The van der Waals surface area contributed by atoms with Crippen LogP contribution in [0.5, 0.6) is 5.75 Å². The van der Waals surface area contributed by atoms with Crippen LogP contribution in [0.1, 0.15) is 0 Å². The van der Waals surface area contributed by atoms with E-state index in [2.05, 4.69) is 0 Å². The lowest BCUT2D eigenvalue weighted by molar-refractivity contribution is 0.0950. The van der Waals surface area contributed by atoms with Crippen LogP contribution >= 0.6 is 0 Å². The van der Waals surface area contributed by atoms with E-state index in [9.17, 15) is 4.79 Å². The summed E-state index contributed by atoms with van der Waals surface area (Å²) in [5.41, 5.74) is -0.0828. The monoisotopic (exact) mass is 192 g/mol. The van der Waals surface area contributed by atoms with E-state index in [1.807, 2.05) is 6.07 Å². The molecule has 0 aliphatic rings. The van der Waals surface area contributed by atoms with E-state index in [4.69, 9.17) is 14.3 Å². The lowest BCUT2D eigenvalue weighted by Crippen LogP contribution is -2.07. The number of benzene rings is 1. The summed E-state index contributed by atoms with van der Waals surface area (Å²) in [6.07, 6.45) is 0. The molecule has 0 fully saturated rings. The molecule has 0 aliphatic carbocycles. The van der Waals surface area contributed by atoms with Crippen LogP contribution in [0.25, 0.3) is 11.0 Å². The third-order valence-electron chi connectivity index (χ3n) is 1.83. The first kappa shape index (κ1) is 8.77. The first-order valence-electron chi connectivity index (χ1n) is 4.08. The third-order valence-corrected chi connectivity index (χ3v) is 1.83.